The van der Waals surface area contributed by atoms with Gasteiger partial charge in [0.25, 0.3) is 0 Å². The minimum Gasteiger partial charge on any atom is -0.274 e. The second-order valence-corrected chi connectivity index (χ2v) is 7.26. The van der Waals surface area contributed by atoms with Crippen LogP contribution in [0.2, 0.25) is 0 Å². The Morgan fingerprint density at radius 1 is 1.26 bits per heavy atom. The largest absolute Gasteiger partial charge is 0.274 e. The second-order valence-electron chi connectivity index (χ2n) is 7.04. The van der Waals surface area contributed by atoms with Crippen molar-refractivity contribution in [2.75, 3.05) is 0 Å². The van der Waals surface area contributed by atoms with Gasteiger partial charge in [-0.15, -0.1) is 0 Å². The average Bonchev–Trinajstić information content (AvgIpc) is 2.87. The van der Waals surface area contributed by atoms with Crippen LogP contribution in [0.15, 0.2) is 24.3 Å². The van der Waals surface area contributed by atoms with E-state index >= 15 is 0 Å². The minimum absolute atomic E-state index is 0.358. The van der Waals surface area contributed by atoms with Crippen molar-refractivity contribution in [3.8, 4) is 0 Å². The molecule has 2 fully saturated rings. The molecule has 0 spiro atoms. The maximum absolute atomic E-state index is 5.51. The highest BCUT2D eigenvalue weighted by molar-refractivity contribution is 6.07. The average molecular weight is 279 g/mol. The summed E-state index contributed by atoms with van der Waals surface area (Å²) in [7, 11) is 0. The van der Waals surface area contributed by atoms with E-state index in [0.717, 1.165) is 11.8 Å². The Morgan fingerprint density at radius 3 is 2.74 bits per heavy atom. The first-order valence-electron chi connectivity index (χ1n) is 7.36. The molecule has 2 aliphatic carbocycles. The Kier molecular flexibility index (Phi) is 3.18. The van der Waals surface area contributed by atoms with Gasteiger partial charge in [-0.25, -0.2) is 0 Å². The predicted octanol–water partition coefficient (Wildman–Crippen LogP) is 5.07. The molecule has 1 nitrogen and oxygen atoms in total. The Bertz CT molecular complexity index is 482. The van der Waals surface area contributed by atoms with Gasteiger partial charge in [-0.05, 0) is 41.2 Å². The van der Waals surface area contributed by atoms with Crippen molar-refractivity contribution < 1.29 is 4.29 Å². The van der Waals surface area contributed by atoms with Gasteiger partial charge in [0.2, 0.25) is 0 Å². The highest BCUT2D eigenvalue weighted by Gasteiger charge is 2.72. The Labute approximate surface area is 121 Å². The van der Waals surface area contributed by atoms with Gasteiger partial charge in [0.05, 0.1) is 18.5 Å². The normalized spacial score (nSPS) is 35.8. The predicted molar refractivity (Wildman–Crippen MR) is 79.0 cm³/mol. The molecule has 0 aromatic heterocycles. The summed E-state index contributed by atoms with van der Waals surface area (Å²) in [5.41, 5.74) is 3.52. The van der Waals surface area contributed by atoms with Crippen LogP contribution in [0.1, 0.15) is 51.2 Å². The lowest BCUT2D eigenvalue weighted by molar-refractivity contribution is 0.311. The number of halogens is 1. The van der Waals surface area contributed by atoms with Gasteiger partial charge in [0.15, 0.2) is 0 Å². The van der Waals surface area contributed by atoms with Crippen LogP contribution in [0.5, 0.6) is 0 Å². The van der Waals surface area contributed by atoms with Crippen molar-refractivity contribution in [3.05, 3.63) is 35.4 Å². The van der Waals surface area contributed by atoms with Crippen molar-refractivity contribution in [2.24, 2.45) is 17.3 Å². The van der Waals surface area contributed by atoms with Crippen LogP contribution in [0.3, 0.4) is 0 Å². The zero-order valence-corrected chi connectivity index (χ0v) is 12.8. The maximum Gasteiger partial charge on any atom is 0.0936 e. The van der Waals surface area contributed by atoms with E-state index < -0.39 is 0 Å². The standard InChI is InChI=1S/C17H23ClO/c1-12-8-9-15-16(2,3)17(15,10-12)14-7-5-4-6-13(14)11-19-18/h4-7,12,15H,8-11H2,1-3H3. The molecule has 2 aliphatic rings. The molecular weight excluding hydrogens is 256 g/mol. The summed E-state index contributed by atoms with van der Waals surface area (Å²) < 4.78 is 4.89. The third-order valence-electron chi connectivity index (χ3n) is 5.86. The van der Waals surface area contributed by atoms with Gasteiger partial charge >= 0.3 is 0 Å². The summed E-state index contributed by atoms with van der Waals surface area (Å²) >= 11 is 5.51. The first-order valence-corrected chi connectivity index (χ1v) is 7.67. The lowest BCUT2D eigenvalue weighted by atomic mass is 9.74. The van der Waals surface area contributed by atoms with Crippen LogP contribution in [-0.2, 0) is 16.3 Å². The fourth-order valence-electron chi connectivity index (χ4n) is 4.87. The van der Waals surface area contributed by atoms with Gasteiger partial charge in [-0.1, -0.05) is 51.5 Å². The van der Waals surface area contributed by atoms with E-state index in [-0.39, 0.29) is 0 Å². The molecule has 0 N–H and O–H groups in total. The van der Waals surface area contributed by atoms with Gasteiger partial charge in [-0.2, -0.15) is 0 Å². The third-order valence-corrected chi connectivity index (χ3v) is 5.97. The number of rotatable bonds is 3. The molecule has 104 valence electrons. The summed E-state index contributed by atoms with van der Waals surface area (Å²) in [5, 5.41) is 0. The molecule has 19 heavy (non-hydrogen) atoms. The van der Waals surface area contributed by atoms with Crippen LogP contribution >= 0.6 is 11.9 Å². The topological polar surface area (TPSA) is 9.23 Å². The summed E-state index contributed by atoms with van der Waals surface area (Å²) in [4.78, 5) is 0. The quantitative estimate of drug-likeness (QED) is 0.750. The van der Waals surface area contributed by atoms with Crippen LogP contribution in [0.25, 0.3) is 0 Å². The molecule has 0 heterocycles. The molecule has 1 aromatic rings. The summed E-state index contributed by atoms with van der Waals surface area (Å²) in [5.74, 6) is 1.65. The van der Waals surface area contributed by atoms with Crippen molar-refractivity contribution in [2.45, 2.75) is 52.1 Å². The minimum atomic E-state index is 0.358. The zero-order chi connectivity index (χ0) is 13.7. The van der Waals surface area contributed by atoms with Crippen LogP contribution < -0.4 is 0 Å². The smallest absolute Gasteiger partial charge is 0.0936 e. The Hall–Kier alpha value is -0.530. The van der Waals surface area contributed by atoms with E-state index in [2.05, 4.69) is 45.0 Å². The molecule has 3 unspecified atom stereocenters. The molecule has 2 saturated carbocycles. The number of benzene rings is 1. The Morgan fingerprint density at radius 2 is 2.00 bits per heavy atom. The summed E-state index contributed by atoms with van der Waals surface area (Å²) in [6.07, 6.45) is 4.05. The van der Waals surface area contributed by atoms with Crippen molar-refractivity contribution in [3.63, 3.8) is 0 Å². The van der Waals surface area contributed by atoms with E-state index in [0.29, 0.717) is 17.4 Å². The maximum atomic E-state index is 5.51. The molecule has 0 bridgehead atoms. The van der Waals surface area contributed by atoms with Gasteiger partial charge in [0, 0.05) is 5.41 Å². The van der Waals surface area contributed by atoms with E-state index in [1.807, 2.05) is 0 Å². The van der Waals surface area contributed by atoms with E-state index in [1.54, 1.807) is 0 Å². The zero-order valence-electron chi connectivity index (χ0n) is 12.1. The fraction of sp³-hybridized carbons (Fsp3) is 0.647. The molecule has 1 aromatic carbocycles. The molecule has 0 saturated heterocycles. The van der Waals surface area contributed by atoms with Gasteiger partial charge in [-0.3, -0.25) is 4.29 Å². The van der Waals surface area contributed by atoms with Crippen LogP contribution in [-0.4, -0.2) is 0 Å². The molecule has 2 heteroatoms. The number of hydrogen-bond donors (Lipinski definition) is 0. The van der Waals surface area contributed by atoms with Crippen LogP contribution in [0, 0.1) is 17.3 Å². The van der Waals surface area contributed by atoms with E-state index in [9.17, 15) is 0 Å². The first kappa shape index (κ1) is 13.5. The third kappa shape index (κ3) is 1.78. The monoisotopic (exact) mass is 278 g/mol. The molecule has 3 atom stereocenters. The molecule has 0 amide bonds. The molecule has 3 rings (SSSR count). The SMILES string of the molecule is CC1CCC2C(C)(C)C2(c2ccccc2COCl)C1. The van der Waals surface area contributed by atoms with Gasteiger partial charge < -0.3 is 0 Å². The van der Waals surface area contributed by atoms with E-state index in [1.165, 1.54) is 30.4 Å². The van der Waals surface area contributed by atoms with E-state index in [4.69, 9.17) is 16.2 Å². The molecule has 0 radical (unpaired) electrons. The van der Waals surface area contributed by atoms with Crippen molar-refractivity contribution in [1.29, 1.82) is 0 Å². The summed E-state index contributed by atoms with van der Waals surface area (Å²) in [6.45, 7) is 7.78. The Balaban J connectivity index is 2.05. The second kappa shape index (κ2) is 4.49. The lowest BCUT2D eigenvalue weighted by Gasteiger charge is -2.30. The molecule has 0 aliphatic heterocycles. The van der Waals surface area contributed by atoms with Crippen molar-refractivity contribution in [1.82, 2.24) is 0 Å². The highest BCUT2D eigenvalue weighted by Crippen LogP contribution is 2.76. The summed E-state index contributed by atoms with van der Waals surface area (Å²) in [6, 6.07) is 8.71. The number of fused-ring (bicyclic) bond motifs is 1. The molecular formula is C17H23ClO. The fourth-order valence-corrected chi connectivity index (χ4v) is 4.98. The first-order chi connectivity index (χ1) is 9.04. The lowest BCUT2D eigenvalue weighted by Crippen LogP contribution is -2.23. The van der Waals surface area contributed by atoms with Gasteiger partial charge in [0.1, 0.15) is 0 Å². The van der Waals surface area contributed by atoms with Crippen molar-refractivity contribution >= 4 is 11.9 Å². The highest BCUT2D eigenvalue weighted by atomic mass is 35.5. The number of hydrogen-bond acceptors (Lipinski definition) is 1. The van der Waals surface area contributed by atoms with Crippen LogP contribution in [0.4, 0.5) is 0 Å².